The molecule has 0 aliphatic rings. The topological polar surface area (TPSA) is 98.1 Å². The summed E-state index contributed by atoms with van der Waals surface area (Å²) >= 11 is 4.61. The average molecular weight is 516 g/mol. The number of carbonyl (C=O) groups is 2. The number of hydrogen-bond donors (Lipinski definition) is 2. The molecule has 32 heavy (non-hydrogen) atoms. The number of nitrogens with zero attached hydrogens (tertiary/aromatic N) is 3. The number of anilines is 2. The molecule has 0 radical (unpaired) electrons. The Labute approximate surface area is 198 Å². The Kier molecular flexibility index (Phi) is 8.46. The van der Waals surface area contributed by atoms with E-state index < -0.39 is 0 Å². The maximum atomic E-state index is 12.6. The highest BCUT2D eigenvalue weighted by Gasteiger charge is 2.17. The molecule has 0 saturated heterocycles. The maximum absolute atomic E-state index is 12.6. The van der Waals surface area contributed by atoms with E-state index in [1.54, 1.807) is 29.9 Å². The maximum Gasteiger partial charge on any atom is 0.234 e. The molecule has 0 bridgehead atoms. The second-order valence-corrected chi connectivity index (χ2v) is 8.43. The number of thioether (sulfide) groups is 1. The van der Waals surface area contributed by atoms with Crippen LogP contribution in [0.2, 0.25) is 0 Å². The number of benzene rings is 2. The van der Waals surface area contributed by atoms with Crippen molar-refractivity contribution >= 4 is 50.9 Å². The third kappa shape index (κ3) is 6.44. The van der Waals surface area contributed by atoms with Gasteiger partial charge in [0.1, 0.15) is 11.6 Å². The van der Waals surface area contributed by atoms with Crippen molar-refractivity contribution < 1.29 is 14.3 Å². The van der Waals surface area contributed by atoms with Crippen molar-refractivity contribution in [1.29, 1.82) is 0 Å². The Bertz CT molecular complexity index is 1100. The first-order valence-electron chi connectivity index (χ1n) is 9.64. The summed E-state index contributed by atoms with van der Waals surface area (Å²) in [6, 6.07) is 14.5. The lowest BCUT2D eigenvalue weighted by Crippen LogP contribution is -2.18. The second-order valence-electron chi connectivity index (χ2n) is 6.57. The number of rotatable bonds is 10. The molecule has 2 aromatic carbocycles. The minimum absolute atomic E-state index is 0.0184. The zero-order valence-corrected chi connectivity index (χ0v) is 19.8. The Morgan fingerprint density at radius 3 is 2.59 bits per heavy atom. The number of nitrogens with one attached hydrogen (secondary N) is 2. The van der Waals surface area contributed by atoms with Crippen LogP contribution in [0.1, 0.15) is 5.82 Å². The van der Waals surface area contributed by atoms with Crippen LogP contribution in [0.3, 0.4) is 0 Å². The van der Waals surface area contributed by atoms with Crippen LogP contribution < -0.4 is 15.4 Å². The van der Waals surface area contributed by atoms with Gasteiger partial charge in [-0.25, -0.2) is 0 Å². The second kappa shape index (κ2) is 11.5. The molecule has 8 nitrogen and oxygen atoms in total. The molecular weight excluding hydrogens is 494 g/mol. The highest BCUT2D eigenvalue weighted by molar-refractivity contribution is 9.10. The molecule has 0 atom stereocenters. The highest BCUT2D eigenvalue weighted by atomic mass is 79.9. The SMILES string of the molecule is C=CCn1c(CC(=O)Nc2ccccc2OC)nnc1SCC(=O)Nc1ccc(Br)cc1. The van der Waals surface area contributed by atoms with Gasteiger partial charge in [-0.3, -0.25) is 9.59 Å². The number of halogens is 1. The van der Waals surface area contributed by atoms with Crippen LogP contribution in [0.5, 0.6) is 5.75 Å². The summed E-state index contributed by atoms with van der Waals surface area (Å²) in [5.41, 5.74) is 1.29. The molecule has 2 N–H and O–H groups in total. The molecule has 3 aromatic rings. The van der Waals surface area contributed by atoms with Crippen molar-refractivity contribution in [2.24, 2.45) is 0 Å². The molecule has 0 aliphatic heterocycles. The van der Waals surface area contributed by atoms with E-state index in [2.05, 4.69) is 43.3 Å². The van der Waals surface area contributed by atoms with Crippen LogP contribution in [0.4, 0.5) is 11.4 Å². The average Bonchev–Trinajstić information content (AvgIpc) is 3.15. The molecule has 0 spiro atoms. The summed E-state index contributed by atoms with van der Waals surface area (Å²) < 4.78 is 7.97. The molecule has 2 amide bonds. The van der Waals surface area contributed by atoms with Gasteiger partial charge in [-0.15, -0.1) is 16.8 Å². The number of allylic oxidation sites excluding steroid dienone is 1. The van der Waals surface area contributed by atoms with Gasteiger partial charge in [-0.1, -0.05) is 45.9 Å². The minimum atomic E-state index is -0.253. The third-order valence-corrected chi connectivity index (χ3v) is 5.76. The quantitative estimate of drug-likeness (QED) is 0.311. The smallest absolute Gasteiger partial charge is 0.234 e. The van der Waals surface area contributed by atoms with Gasteiger partial charge in [0.15, 0.2) is 5.16 Å². The van der Waals surface area contributed by atoms with Crippen LogP contribution in [0.15, 0.2) is 70.8 Å². The van der Waals surface area contributed by atoms with Gasteiger partial charge in [0.25, 0.3) is 0 Å². The molecule has 10 heteroatoms. The van der Waals surface area contributed by atoms with Gasteiger partial charge < -0.3 is 19.9 Å². The van der Waals surface area contributed by atoms with Crippen molar-refractivity contribution in [2.75, 3.05) is 23.5 Å². The molecule has 0 aliphatic carbocycles. The fourth-order valence-corrected chi connectivity index (χ4v) is 3.85. The molecule has 0 fully saturated rings. The van der Waals surface area contributed by atoms with E-state index in [9.17, 15) is 9.59 Å². The number of carbonyl (C=O) groups excluding carboxylic acids is 2. The summed E-state index contributed by atoms with van der Waals surface area (Å²) in [5, 5.41) is 14.5. The molecule has 1 heterocycles. The lowest BCUT2D eigenvalue weighted by Gasteiger charge is -2.10. The zero-order chi connectivity index (χ0) is 22.9. The Hall–Kier alpha value is -3.11. The first kappa shape index (κ1) is 23.6. The summed E-state index contributed by atoms with van der Waals surface area (Å²) in [6.45, 7) is 4.18. The lowest BCUT2D eigenvalue weighted by atomic mass is 10.2. The standard InChI is InChI=1S/C22H22BrN5O3S/c1-3-12-28-19(13-20(29)25-17-6-4-5-7-18(17)31-2)26-27-22(28)32-14-21(30)24-16-10-8-15(23)9-11-16/h3-11H,1,12-14H2,2H3,(H,24,30)(H,25,29). The van der Waals surface area contributed by atoms with Crippen LogP contribution in [0.25, 0.3) is 0 Å². The summed E-state index contributed by atoms with van der Waals surface area (Å²) in [7, 11) is 1.54. The number of methoxy groups -OCH3 is 1. The largest absolute Gasteiger partial charge is 0.495 e. The summed E-state index contributed by atoms with van der Waals surface area (Å²) in [6.07, 6.45) is 1.71. The monoisotopic (exact) mass is 515 g/mol. The Morgan fingerprint density at radius 2 is 1.88 bits per heavy atom. The van der Waals surface area contributed by atoms with E-state index in [4.69, 9.17) is 4.74 Å². The molecule has 166 valence electrons. The fourth-order valence-electron chi connectivity index (χ4n) is 2.82. The Balaban J connectivity index is 1.62. The molecule has 0 unspecified atom stereocenters. The van der Waals surface area contributed by atoms with Gasteiger partial charge in [0.2, 0.25) is 11.8 Å². The highest BCUT2D eigenvalue weighted by Crippen LogP contribution is 2.24. The molecule has 1 aromatic heterocycles. The van der Waals surface area contributed by atoms with Crippen molar-refractivity contribution in [3.8, 4) is 5.75 Å². The van der Waals surface area contributed by atoms with Crippen molar-refractivity contribution in [2.45, 2.75) is 18.1 Å². The molecule has 0 saturated carbocycles. The number of para-hydroxylation sites is 2. The normalized spacial score (nSPS) is 10.4. The molecule has 3 rings (SSSR count). The van der Waals surface area contributed by atoms with E-state index in [0.29, 0.717) is 34.6 Å². The van der Waals surface area contributed by atoms with E-state index >= 15 is 0 Å². The van der Waals surface area contributed by atoms with Gasteiger partial charge in [0.05, 0.1) is 25.0 Å². The minimum Gasteiger partial charge on any atom is -0.495 e. The van der Waals surface area contributed by atoms with E-state index in [1.165, 1.54) is 11.8 Å². The van der Waals surface area contributed by atoms with E-state index in [1.807, 2.05) is 36.4 Å². The Morgan fingerprint density at radius 1 is 1.12 bits per heavy atom. The van der Waals surface area contributed by atoms with Crippen molar-refractivity contribution in [1.82, 2.24) is 14.8 Å². The van der Waals surface area contributed by atoms with Crippen LogP contribution in [-0.2, 0) is 22.6 Å². The van der Waals surface area contributed by atoms with Gasteiger partial charge in [-0.05, 0) is 36.4 Å². The fraction of sp³-hybridized carbons (Fsp3) is 0.182. The van der Waals surface area contributed by atoms with E-state index in [0.717, 1.165) is 4.47 Å². The first-order valence-corrected chi connectivity index (χ1v) is 11.4. The number of amides is 2. The van der Waals surface area contributed by atoms with Crippen LogP contribution in [-0.4, -0.2) is 39.4 Å². The van der Waals surface area contributed by atoms with Crippen LogP contribution in [0, 0.1) is 0 Å². The predicted octanol–water partition coefficient (Wildman–Crippen LogP) is 4.15. The number of aromatic nitrogens is 3. The first-order chi connectivity index (χ1) is 15.5. The third-order valence-electron chi connectivity index (χ3n) is 4.27. The lowest BCUT2D eigenvalue weighted by molar-refractivity contribution is -0.116. The number of hydrogen-bond acceptors (Lipinski definition) is 6. The predicted molar refractivity (Wildman–Crippen MR) is 129 cm³/mol. The van der Waals surface area contributed by atoms with Gasteiger partial charge in [-0.2, -0.15) is 0 Å². The van der Waals surface area contributed by atoms with Gasteiger partial charge >= 0.3 is 0 Å². The van der Waals surface area contributed by atoms with Crippen LogP contribution >= 0.6 is 27.7 Å². The van der Waals surface area contributed by atoms with Crippen molar-refractivity contribution in [3.05, 3.63) is 71.5 Å². The van der Waals surface area contributed by atoms with Gasteiger partial charge in [0, 0.05) is 16.7 Å². The number of ether oxygens (including phenoxy) is 1. The zero-order valence-electron chi connectivity index (χ0n) is 17.4. The summed E-state index contributed by atoms with van der Waals surface area (Å²) in [4.78, 5) is 24.9. The molecular formula is C22H22BrN5O3S. The van der Waals surface area contributed by atoms with E-state index in [-0.39, 0.29) is 24.0 Å². The summed E-state index contributed by atoms with van der Waals surface area (Å²) in [5.74, 6) is 0.783. The van der Waals surface area contributed by atoms with Crippen molar-refractivity contribution in [3.63, 3.8) is 0 Å².